The van der Waals surface area contributed by atoms with Crippen LogP contribution in [0.5, 0.6) is 0 Å². The summed E-state index contributed by atoms with van der Waals surface area (Å²) in [6.45, 7) is 4.48. The number of rotatable bonds is 3. The number of β-amino-alcohol motifs (C(OH)–C–C–N with tert-alkyl or cyclic N) is 1. The number of piperazine rings is 1. The van der Waals surface area contributed by atoms with E-state index in [2.05, 4.69) is 0 Å². The Balaban J connectivity index is 2.57. The highest BCUT2D eigenvalue weighted by Crippen LogP contribution is 2.05. The molecule has 0 aromatic carbocycles. The maximum atomic E-state index is 11.5. The van der Waals surface area contributed by atoms with E-state index >= 15 is 0 Å². The number of aliphatic hydroxyl groups is 1. The first kappa shape index (κ1) is 11.0. The molecule has 1 aliphatic heterocycles. The normalized spacial score (nSPS) is 20.2. The van der Waals surface area contributed by atoms with Crippen LogP contribution in [-0.4, -0.2) is 59.0 Å². The smallest absolute Gasteiger partial charge is 0.242 e. The van der Waals surface area contributed by atoms with Crippen molar-refractivity contribution in [1.82, 2.24) is 9.80 Å². The summed E-state index contributed by atoms with van der Waals surface area (Å²) < 4.78 is 0. The largest absolute Gasteiger partial charge is 0.392 e. The number of amides is 2. The Bertz CT molecular complexity index is 240. The van der Waals surface area contributed by atoms with Gasteiger partial charge in [0, 0.05) is 13.1 Å². The van der Waals surface area contributed by atoms with Gasteiger partial charge >= 0.3 is 0 Å². The molecule has 0 aliphatic carbocycles. The van der Waals surface area contributed by atoms with E-state index in [1.807, 2.05) is 6.92 Å². The van der Waals surface area contributed by atoms with Crippen molar-refractivity contribution in [3.05, 3.63) is 0 Å². The first-order valence-corrected chi connectivity index (χ1v) is 4.78. The fourth-order valence-corrected chi connectivity index (χ4v) is 1.48. The van der Waals surface area contributed by atoms with Crippen LogP contribution in [0.1, 0.15) is 13.8 Å². The van der Waals surface area contributed by atoms with Gasteiger partial charge in [-0.2, -0.15) is 0 Å². The molecular weight excluding hydrogens is 184 g/mol. The lowest BCUT2D eigenvalue weighted by Crippen LogP contribution is -2.54. The predicted molar refractivity (Wildman–Crippen MR) is 50.5 cm³/mol. The van der Waals surface area contributed by atoms with Crippen LogP contribution in [0.15, 0.2) is 0 Å². The van der Waals surface area contributed by atoms with E-state index in [4.69, 9.17) is 5.11 Å². The van der Waals surface area contributed by atoms with Crippen molar-refractivity contribution in [2.24, 2.45) is 0 Å². The molecule has 0 aromatic heterocycles. The monoisotopic (exact) mass is 200 g/mol. The van der Waals surface area contributed by atoms with Gasteiger partial charge in [0.25, 0.3) is 0 Å². The zero-order valence-corrected chi connectivity index (χ0v) is 8.56. The topological polar surface area (TPSA) is 60.9 Å². The molecule has 2 amide bonds. The second-order valence-corrected chi connectivity index (χ2v) is 3.53. The molecule has 1 heterocycles. The second kappa shape index (κ2) is 4.41. The molecule has 1 aliphatic rings. The van der Waals surface area contributed by atoms with E-state index in [-0.39, 0.29) is 31.4 Å². The van der Waals surface area contributed by atoms with Crippen molar-refractivity contribution < 1.29 is 14.7 Å². The first-order valence-electron chi connectivity index (χ1n) is 4.78. The van der Waals surface area contributed by atoms with Crippen LogP contribution in [0.25, 0.3) is 0 Å². The molecule has 80 valence electrons. The standard InChI is InChI=1S/C9H16N2O3/c1-3-10-5-9(14)11(4-7(2)12)6-8(10)13/h7,12H,3-6H2,1-2H3/t7-/m0/s1. The Kier molecular flexibility index (Phi) is 3.46. The number of aliphatic hydroxyl groups excluding tert-OH is 1. The summed E-state index contributed by atoms with van der Waals surface area (Å²) in [4.78, 5) is 25.8. The number of likely N-dealkylation sites (N-methyl/N-ethyl adjacent to an activating group) is 1. The van der Waals surface area contributed by atoms with E-state index in [9.17, 15) is 9.59 Å². The van der Waals surface area contributed by atoms with E-state index in [0.29, 0.717) is 6.54 Å². The highest BCUT2D eigenvalue weighted by molar-refractivity contribution is 5.92. The van der Waals surface area contributed by atoms with Gasteiger partial charge in [-0.25, -0.2) is 0 Å². The molecule has 0 bridgehead atoms. The molecule has 1 atom stereocenters. The number of nitrogens with zero attached hydrogens (tertiary/aromatic N) is 2. The first-order chi connectivity index (χ1) is 6.54. The van der Waals surface area contributed by atoms with Gasteiger partial charge in [-0.1, -0.05) is 0 Å². The molecule has 0 saturated carbocycles. The van der Waals surface area contributed by atoms with E-state index in [1.54, 1.807) is 6.92 Å². The average Bonchev–Trinajstić information content (AvgIpc) is 2.10. The quantitative estimate of drug-likeness (QED) is 0.639. The molecule has 1 saturated heterocycles. The van der Waals surface area contributed by atoms with Crippen LogP contribution >= 0.6 is 0 Å². The van der Waals surface area contributed by atoms with Crippen molar-refractivity contribution >= 4 is 11.8 Å². The fraction of sp³-hybridized carbons (Fsp3) is 0.778. The summed E-state index contributed by atoms with van der Waals surface area (Å²) in [6.07, 6.45) is -0.583. The summed E-state index contributed by atoms with van der Waals surface area (Å²) in [5.74, 6) is -0.139. The van der Waals surface area contributed by atoms with Gasteiger partial charge in [-0.15, -0.1) is 0 Å². The zero-order chi connectivity index (χ0) is 10.7. The molecule has 5 heteroatoms. The predicted octanol–water partition coefficient (Wildman–Crippen LogP) is -0.942. The van der Waals surface area contributed by atoms with Gasteiger partial charge in [0.05, 0.1) is 19.2 Å². The van der Waals surface area contributed by atoms with E-state index < -0.39 is 6.10 Å². The Morgan fingerprint density at radius 1 is 1.29 bits per heavy atom. The third kappa shape index (κ3) is 2.45. The molecule has 1 rings (SSSR count). The molecule has 0 spiro atoms. The zero-order valence-electron chi connectivity index (χ0n) is 8.56. The molecule has 0 unspecified atom stereocenters. The van der Waals surface area contributed by atoms with Gasteiger partial charge in [0.1, 0.15) is 0 Å². The van der Waals surface area contributed by atoms with Crippen LogP contribution in [0.2, 0.25) is 0 Å². The SMILES string of the molecule is CCN1CC(=O)N(C[C@H](C)O)CC1=O. The number of carbonyl (C=O) groups is 2. The third-order valence-electron chi connectivity index (χ3n) is 2.22. The Hall–Kier alpha value is -1.10. The Morgan fingerprint density at radius 2 is 1.79 bits per heavy atom. The van der Waals surface area contributed by atoms with Crippen LogP contribution in [-0.2, 0) is 9.59 Å². The maximum Gasteiger partial charge on any atom is 0.242 e. The van der Waals surface area contributed by atoms with Gasteiger partial charge < -0.3 is 14.9 Å². The third-order valence-corrected chi connectivity index (χ3v) is 2.22. The molecule has 0 radical (unpaired) electrons. The Labute approximate surface area is 83.3 Å². The van der Waals surface area contributed by atoms with Crippen molar-refractivity contribution in [2.45, 2.75) is 20.0 Å². The summed E-state index contributed by atoms with van der Waals surface area (Å²) in [5.41, 5.74) is 0. The lowest BCUT2D eigenvalue weighted by molar-refractivity contribution is -0.150. The lowest BCUT2D eigenvalue weighted by Gasteiger charge is -2.33. The molecular formula is C9H16N2O3. The van der Waals surface area contributed by atoms with Crippen molar-refractivity contribution in [3.63, 3.8) is 0 Å². The molecule has 14 heavy (non-hydrogen) atoms. The van der Waals surface area contributed by atoms with Gasteiger partial charge in [-0.05, 0) is 13.8 Å². The molecule has 5 nitrogen and oxygen atoms in total. The highest BCUT2D eigenvalue weighted by atomic mass is 16.3. The van der Waals surface area contributed by atoms with Crippen LogP contribution in [0.4, 0.5) is 0 Å². The minimum absolute atomic E-state index is 0.0484. The fourth-order valence-electron chi connectivity index (χ4n) is 1.48. The molecule has 1 N–H and O–H groups in total. The van der Waals surface area contributed by atoms with Crippen molar-refractivity contribution in [2.75, 3.05) is 26.2 Å². The van der Waals surface area contributed by atoms with Crippen molar-refractivity contribution in [3.8, 4) is 0 Å². The summed E-state index contributed by atoms with van der Waals surface area (Å²) in [6, 6.07) is 0. The van der Waals surface area contributed by atoms with Gasteiger partial charge in [0.2, 0.25) is 11.8 Å². The second-order valence-electron chi connectivity index (χ2n) is 3.53. The van der Waals surface area contributed by atoms with Gasteiger partial charge in [-0.3, -0.25) is 9.59 Å². The lowest BCUT2D eigenvalue weighted by atomic mass is 10.2. The van der Waals surface area contributed by atoms with Gasteiger partial charge in [0.15, 0.2) is 0 Å². The Morgan fingerprint density at radius 3 is 2.29 bits per heavy atom. The summed E-state index contributed by atoms with van der Waals surface area (Å²) in [5, 5.41) is 9.11. The number of hydrogen-bond acceptors (Lipinski definition) is 3. The summed E-state index contributed by atoms with van der Waals surface area (Å²) >= 11 is 0. The number of carbonyl (C=O) groups excluding carboxylic acids is 2. The van der Waals surface area contributed by atoms with E-state index in [1.165, 1.54) is 9.80 Å². The molecule has 1 fully saturated rings. The van der Waals surface area contributed by atoms with E-state index in [0.717, 1.165) is 0 Å². The van der Waals surface area contributed by atoms with Crippen LogP contribution < -0.4 is 0 Å². The van der Waals surface area contributed by atoms with Crippen molar-refractivity contribution in [1.29, 1.82) is 0 Å². The minimum Gasteiger partial charge on any atom is -0.392 e. The average molecular weight is 200 g/mol. The highest BCUT2D eigenvalue weighted by Gasteiger charge is 2.28. The number of hydrogen-bond donors (Lipinski definition) is 1. The summed E-state index contributed by atoms with van der Waals surface area (Å²) in [7, 11) is 0. The molecule has 0 aromatic rings. The van der Waals surface area contributed by atoms with Crippen LogP contribution in [0.3, 0.4) is 0 Å². The van der Waals surface area contributed by atoms with Crippen LogP contribution in [0, 0.1) is 0 Å². The maximum absolute atomic E-state index is 11.5. The minimum atomic E-state index is -0.583.